The standard InChI is InChI=1S/C9H16O8/c1-4(17-9(16)6(13)3-11)7(14)8(15)5(12)2-10/h2,4-8,11-15H,3H2,1H3/t4-,5-,6?,7-,8-/m0/s1. The summed E-state index contributed by atoms with van der Waals surface area (Å²) in [4.78, 5) is 21.1. The van der Waals surface area contributed by atoms with Gasteiger partial charge in [-0.1, -0.05) is 0 Å². The molecule has 0 saturated carbocycles. The minimum atomic E-state index is -1.82. The Morgan fingerprint density at radius 2 is 1.76 bits per heavy atom. The molecule has 1 unspecified atom stereocenters. The van der Waals surface area contributed by atoms with Crippen LogP contribution in [0.25, 0.3) is 0 Å². The minimum Gasteiger partial charge on any atom is -0.458 e. The molecular formula is C9H16O8. The average molecular weight is 252 g/mol. The van der Waals surface area contributed by atoms with Crippen LogP contribution in [0.15, 0.2) is 0 Å². The van der Waals surface area contributed by atoms with Crippen LogP contribution in [-0.2, 0) is 14.3 Å². The minimum absolute atomic E-state index is 0.0188. The van der Waals surface area contributed by atoms with E-state index in [0.717, 1.165) is 0 Å². The molecule has 0 aliphatic carbocycles. The second-order valence-electron chi connectivity index (χ2n) is 3.45. The number of esters is 1. The molecule has 0 fully saturated rings. The summed E-state index contributed by atoms with van der Waals surface area (Å²) >= 11 is 0. The molecule has 0 bridgehead atoms. The van der Waals surface area contributed by atoms with Crippen molar-refractivity contribution < 1.29 is 39.9 Å². The van der Waals surface area contributed by atoms with Crippen molar-refractivity contribution in [3.8, 4) is 0 Å². The first-order valence-corrected chi connectivity index (χ1v) is 4.84. The van der Waals surface area contributed by atoms with Gasteiger partial charge < -0.3 is 35.1 Å². The Bertz CT molecular complexity index is 255. The van der Waals surface area contributed by atoms with Crippen molar-refractivity contribution in [1.82, 2.24) is 0 Å². The molecule has 0 spiro atoms. The number of carbonyl (C=O) groups is 2. The first kappa shape index (κ1) is 15.9. The average Bonchev–Trinajstić information content (AvgIpc) is 2.34. The van der Waals surface area contributed by atoms with Gasteiger partial charge in [-0.3, -0.25) is 0 Å². The highest BCUT2D eigenvalue weighted by Crippen LogP contribution is 2.08. The molecule has 0 heterocycles. The first-order valence-electron chi connectivity index (χ1n) is 4.84. The summed E-state index contributed by atoms with van der Waals surface area (Å²) in [7, 11) is 0. The zero-order chi connectivity index (χ0) is 13.6. The molecule has 5 N–H and O–H groups in total. The maximum Gasteiger partial charge on any atom is 0.337 e. The van der Waals surface area contributed by atoms with Crippen LogP contribution in [-0.4, -0.2) is 74.9 Å². The van der Waals surface area contributed by atoms with Gasteiger partial charge in [0.25, 0.3) is 0 Å². The summed E-state index contributed by atoms with van der Waals surface area (Å²) in [5.41, 5.74) is 0. The van der Waals surface area contributed by atoms with E-state index in [1.54, 1.807) is 0 Å². The monoisotopic (exact) mass is 252 g/mol. The van der Waals surface area contributed by atoms with E-state index in [2.05, 4.69) is 4.74 Å². The summed E-state index contributed by atoms with van der Waals surface area (Å²) in [6.07, 6.45) is -8.34. The van der Waals surface area contributed by atoms with Crippen LogP contribution in [0.1, 0.15) is 6.92 Å². The zero-order valence-electron chi connectivity index (χ0n) is 9.13. The van der Waals surface area contributed by atoms with Crippen molar-refractivity contribution in [3.05, 3.63) is 0 Å². The van der Waals surface area contributed by atoms with Crippen LogP contribution in [0, 0.1) is 0 Å². The third-order valence-electron chi connectivity index (χ3n) is 2.07. The Labute approximate surface area is 97.1 Å². The van der Waals surface area contributed by atoms with Crippen LogP contribution in [0.3, 0.4) is 0 Å². The molecule has 0 aliphatic heterocycles. The van der Waals surface area contributed by atoms with Gasteiger partial charge in [0.05, 0.1) is 6.61 Å². The van der Waals surface area contributed by atoms with Crippen molar-refractivity contribution in [3.63, 3.8) is 0 Å². The van der Waals surface area contributed by atoms with Gasteiger partial charge in [-0.25, -0.2) is 4.79 Å². The fourth-order valence-corrected chi connectivity index (χ4v) is 0.966. The lowest BCUT2D eigenvalue weighted by Crippen LogP contribution is -2.46. The van der Waals surface area contributed by atoms with Gasteiger partial charge in [-0.05, 0) is 6.92 Å². The molecule has 5 atom stereocenters. The maximum atomic E-state index is 11.0. The molecule has 0 amide bonds. The van der Waals surface area contributed by atoms with E-state index >= 15 is 0 Å². The molecule has 0 aromatic rings. The van der Waals surface area contributed by atoms with Crippen LogP contribution < -0.4 is 0 Å². The van der Waals surface area contributed by atoms with Crippen molar-refractivity contribution in [1.29, 1.82) is 0 Å². The Morgan fingerprint density at radius 3 is 2.18 bits per heavy atom. The number of hydrogen-bond acceptors (Lipinski definition) is 8. The molecular weight excluding hydrogens is 236 g/mol. The number of aldehydes is 1. The van der Waals surface area contributed by atoms with Crippen molar-refractivity contribution in [2.45, 2.75) is 37.4 Å². The Morgan fingerprint density at radius 1 is 1.24 bits per heavy atom. The number of carbonyl (C=O) groups excluding carboxylic acids is 2. The molecule has 8 nitrogen and oxygen atoms in total. The first-order chi connectivity index (χ1) is 7.84. The molecule has 8 heteroatoms. The third-order valence-corrected chi connectivity index (χ3v) is 2.07. The molecule has 0 rings (SSSR count). The summed E-state index contributed by atoms with van der Waals surface area (Å²) in [6, 6.07) is 0. The third kappa shape index (κ3) is 4.75. The molecule has 0 aromatic carbocycles. The summed E-state index contributed by atoms with van der Waals surface area (Å²) < 4.78 is 4.49. The molecule has 0 aromatic heterocycles. The van der Waals surface area contributed by atoms with Gasteiger partial charge in [0.15, 0.2) is 12.4 Å². The van der Waals surface area contributed by atoms with E-state index < -0.39 is 43.1 Å². The fourth-order valence-electron chi connectivity index (χ4n) is 0.966. The summed E-state index contributed by atoms with van der Waals surface area (Å²) in [5, 5.41) is 44.9. The van der Waals surface area contributed by atoms with Gasteiger partial charge in [0.1, 0.15) is 24.4 Å². The van der Waals surface area contributed by atoms with Gasteiger partial charge in [-0.15, -0.1) is 0 Å². The van der Waals surface area contributed by atoms with E-state index in [0.29, 0.717) is 0 Å². The molecule has 100 valence electrons. The molecule has 0 saturated heterocycles. The van der Waals surface area contributed by atoms with E-state index in [1.165, 1.54) is 6.92 Å². The summed E-state index contributed by atoms with van der Waals surface area (Å²) in [5.74, 6) is -1.19. The van der Waals surface area contributed by atoms with E-state index in [1.807, 2.05) is 0 Å². The van der Waals surface area contributed by atoms with Crippen LogP contribution in [0.4, 0.5) is 0 Å². The van der Waals surface area contributed by atoms with Gasteiger partial charge in [0, 0.05) is 0 Å². The Kier molecular flexibility index (Phi) is 6.85. The van der Waals surface area contributed by atoms with Crippen molar-refractivity contribution in [2.24, 2.45) is 0 Å². The summed E-state index contributed by atoms with van der Waals surface area (Å²) in [6.45, 7) is 0.342. The van der Waals surface area contributed by atoms with Gasteiger partial charge in [-0.2, -0.15) is 0 Å². The zero-order valence-corrected chi connectivity index (χ0v) is 9.13. The predicted octanol–water partition coefficient (Wildman–Crippen LogP) is -3.45. The second-order valence-corrected chi connectivity index (χ2v) is 3.45. The highest BCUT2D eigenvalue weighted by molar-refractivity contribution is 5.74. The van der Waals surface area contributed by atoms with Crippen LogP contribution in [0.2, 0.25) is 0 Å². The van der Waals surface area contributed by atoms with Crippen molar-refractivity contribution in [2.75, 3.05) is 6.61 Å². The Hall–Kier alpha value is -1.06. The largest absolute Gasteiger partial charge is 0.458 e. The van der Waals surface area contributed by atoms with E-state index in [9.17, 15) is 19.8 Å². The lowest BCUT2D eigenvalue weighted by molar-refractivity contribution is -0.173. The maximum absolute atomic E-state index is 11.0. The van der Waals surface area contributed by atoms with E-state index in [4.69, 9.17) is 15.3 Å². The van der Waals surface area contributed by atoms with Gasteiger partial charge in [0.2, 0.25) is 0 Å². The van der Waals surface area contributed by atoms with Crippen molar-refractivity contribution >= 4 is 12.3 Å². The van der Waals surface area contributed by atoms with E-state index in [-0.39, 0.29) is 6.29 Å². The predicted molar refractivity (Wildman–Crippen MR) is 52.7 cm³/mol. The quantitative estimate of drug-likeness (QED) is 0.232. The number of ether oxygens (including phenoxy) is 1. The molecule has 0 radical (unpaired) electrons. The molecule has 0 aliphatic rings. The SMILES string of the molecule is C[C@H](OC(=O)C(O)CO)[C@H](O)[C@@H](O)[C@@H](O)C=O. The highest BCUT2D eigenvalue weighted by Gasteiger charge is 2.32. The highest BCUT2D eigenvalue weighted by atomic mass is 16.6. The number of aliphatic hydroxyl groups is 5. The van der Waals surface area contributed by atoms with Crippen LogP contribution in [0.5, 0.6) is 0 Å². The van der Waals surface area contributed by atoms with Crippen LogP contribution >= 0.6 is 0 Å². The topological polar surface area (TPSA) is 145 Å². The lowest BCUT2D eigenvalue weighted by atomic mass is 10.0. The number of hydrogen-bond donors (Lipinski definition) is 5. The normalized spacial score (nSPS) is 19.9. The molecule has 17 heavy (non-hydrogen) atoms. The second kappa shape index (κ2) is 7.30. The fraction of sp³-hybridized carbons (Fsp3) is 0.778. The smallest absolute Gasteiger partial charge is 0.337 e. The Balaban J connectivity index is 4.35. The number of aliphatic hydroxyl groups excluding tert-OH is 5. The number of rotatable bonds is 7. The van der Waals surface area contributed by atoms with Gasteiger partial charge >= 0.3 is 5.97 Å². The lowest BCUT2D eigenvalue weighted by Gasteiger charge is -2.25.